The average molecular weight is 1230 g/mol. The molecule has 3 aliphatic carbocycles. The third-order valence-electron chi connectivity index (χ3n) is 15.4. The number of pyridine rings is 3. The van der Waals surface area contributed by atoms with E-state index in [0.29, 0.717) is 33.8 Å². The minimum atomic E-state index is -1.12. The summed E-state index contributed by atoms with van der Waals surface area (Å²) in [5, 5.41) is 33.3. The molecule has 0 aromatic carbocycles. The minimum absolute atomic E-state index is 0.598. The fourth-order valence-electron chi connectivity index (χ4n) is 12.2. The van der Waals surface area contributed by atoms with Crippen molar-refractivity contribution in [2.24, 2.45) is 0 Å². The fourth-order valence-corrected chi connectivity index (χ4v) is 16.1. The Balaban J connectivity index is 0.000000144. The summed E-state index contributed by atoms with van der Waals surface area (Å²) in [5.74, 6) is -3.07. The number of hydrogen-bond donors (Lipinski definition) is 3. The average Bonchev–Trinajstić information content (AvgIpc) is 1.74. The minimum Gasteiger partial charge on any atom is -0.479 e. The largest absolute Gasteiger partial charge is 0.479 e. The van der Waals surface area contributed by atoms with Gasteiger partial charge in [-0.3, -0.25) is 0 Å². The molecule has 0 radical (unpaired) electrons. The molecule has 18 nitrogen and oxygen atoms in total. The molecular weight excluding hydrogens is 1160 g/mol. The number of thiophene rings is 3. The van der Waals surface area contributed by atoms with Gasteiger partial charge in [-0.25, -0.2) is 59.2 Å². The standard InChI is InChI=1S/3C22H25N3O3S/c3*1-12-16(19(21(26)27)28-22(2,3)4)17(13-9-23-11-24-10-13)18-14-7-5-6-8-15(14)29-20(18)25-12/h3*9-11,19H,5-8H2,1-4H3,(H,26,27)/t2*19-;/m10./s1. The molecule has 21 heteroatoms. The van der Waals surface area contributed by atoms with Crippen molar-refractivity contribution in [3.8, 4) is 33.4 Å². The Morgan fingerprint density at radius 3 is 0.851 bits per heavy atom. The van der Waals surface area contributed by atoms with E-state index in [1.54, 1.807) is 71.2 Å². The Morgan fingerprint density at radius 2 is 0.632 bits per heavy atom. The molecule has 0 amide bonds. The molecule has 3 N–H and O–H groups in total. The maximum Gasteiger partial charge on any atom is 0.337 e. The zero-order valence-corrected chi connectivity index (χ0v) is 53.9. The lowest BCUT2D eigenvalue weighted by Crippen LogP contribution is -2.28. The number of ether oxygens (including phenoxy) is 3. The molecular formula is C66H75N9O9S3. The summed E-state index contributed by atoms with van der Waals surface area (Å²) in [6.45, 7) is 22.4. The summed E-state index contributed by atoms with van der Waals surface area (Å²) < 4.78 is 18.1. The Kier molecular flexibility index (Phi) is 18.5. The molecule has 0 aliphatic heterocycles. The van der Waals surface area contributed by atoms with E-state index in [-0.39, 0.29) is 0 Å². The number of hydrogen-bond acceptors (Lipinski definition) is 18. The van der Waals surface area contributed by atoms with Crippen LogP contribution in [0.25, 0.3) is 64.0 Å². The van der Waals surface area contributed by atoms with Crippen LogP contribution in [0.5, 0.6) is 0 Å². The van der Waals surface area contributed by atoms with Gasteiger partial charge in [-0.2, -0.15) is 0 Å². The number of rotatable bonds is 12. The SMILES string of the molecule is Cc1nc2sc3c(c2c(-c2cncnc2)c1C(OC(C)(C)C)C(=O)O)CCCC3.Cc1nc2sc3c(c2c(-c2cncnc2)c1[C@@H](OC(C)(C)C)C(=O)O)CCCC3.Cc1nc2sc3c(c2c(-c2cncnc2)c1[C@H](OC(C)(C)C)C(=O)O)CCCC3. The van der Waals surface area contributed by atoms with Crippen LogP contribution in [0.2, 0.25) is 0 Å². The summed E-state index contributed by atoms with van der Waals surface area (Å²) in [5.41, 5.74) is 10.8. The van der Waals surface area contributed by atoms with E-state index in [2.05, 4.69) is 29.9 Å². The molecule has 0 fully saturated rings. The highest BCUT2D eigenvalue weighted by Gasteiger charge is 2.38. The number of aromatic nitrogens is 9. The zero-order chi connectivity index (χ0) is 62.3. The van der Waals surface area contributed by atoms with Crippen LogP contribution in [-0.2, 0) is 67.1 Å². The van der Waals surface area contributed by atoms with Gasteiger partial charge >= 0.3 is 17.9 Å². The smallest absolute Gasteiger partial charge is 0.337 e. The zero-order valence-electron chi connectivity index (χ0n) is 51.5. The molecule has 3 aliphatic rings. The van der Waals surface area contributed by atoms with Gasteiger partial charge in [0.25, 0.3) is 0 Å². The monoisotopic (exact) mass is 1230 g/mol. The van der Waals surface area contributed by atoms with Gasteiger partial charge in [-0.15, -0.1) is 34.0 Å². The van der Waals surface area contributed by atoms with Gasteiger partial charge in [0.2, 0.25) is 0 Å². The van der Waals surface area contributed by atoms with Gasteiger partial charge in [0, 0.05) is 135 Å². The number of aryl methyl sites for hydroxylation is 9. The Hall–Kier alpha value is -7.14. The number of carboxylic acids is 3. The Bertz CT molecular complexity index is 3620. The van der Waals surface area contributed by atoms with E-state index >= 15 is 0 Å². The van der Waals surface area contributed by atoms with Gasteiger partial charge in [0.15, 0.2) is 18.3 Å². The molecule has 87 heavy (non-hydrogen) atoms. The number of aliphatic carboxylic acids is 3. The summed E-state index contributed by atoms with van der Waals surface area (Å²) in [7, 11) is 0. The van der Waals surface area contributed by atoms with Gasteiger partial charge in [0.05, 0.1) is 16.8 Å². The highest BCUT2D eigenvalue weighted by Crippen LogP contribution is 2.49. The van der Waals surface area contributed by atoms with Crippen LogP contribution in [0.15, 0.2) is 56.2 Å². The molecule has 1 unspecified atom stereocenters. The Labute approximate surface area is 518 Å². The molecule has 0 spiro atoms. The molecule has 9 aromatic rings. The van der Waals surface area contributed by atoms with E-state index < -0.39 is 53.0 Å². The first-order valence-corrected chi connectivity index (χ1v) is 32.1. The number of carbonyl (C=O) groups is 3. The van der Waals surface area contributed by atoms with Crippen molar-refractivity contribution in [2.45, 2.75) is 195 Å². The second kappa shape index (κ2) is 25.5. The topological polar surface area (TPSA) is 256 Å². The second-order valence-electron chi connectivity index (χ2n) is 25.4. The van der Waals surface area contributed by atoms with E-state index in [1.807, 2.05) is 83.1 Å². The number of nitrogens with zero attached hydrogens (tertiary/aromatic N) is 9. The molecule has 0 saturated heterocycles. The van der Waals surface area contributed by atoms with E-state index in [4.69, 9.17) is 29.2 Å². The van der Waals surface area contributed by atoms with Crippen LogP contribution in [0.4, 0.5) is 0 Å². The second-order valence-corrected chi connectivity index (χ2v) is 28.6. The fraction of sp³-hybridized carbons (Fsp3) is 0.455. The third-order valence-corrected chi connectivity index (χ3v) is 19.0. The van der Waals surface area contributed by atoms with E-state index in [1.165, 1.54) is 69.6 Å². The lowest BCUT2D eigenvalue weighted by Gasteiger charge is -2.28. The van der Waals surface area contributed by atoms with Crippen molar-refractivity contribution in [1.82, 2.24) is 44.9 Å². The van der Waals surface area contributed by atoms with Crippen LogP contribution in [0.3, 0.4) is 0 Å². The number of carboxylic acid groups (broad SMARTS) is 3. The quantitative estimate of drug-likeness (QED) is 0.103. The van der Waals surface area contributed by atoms with Crippen molar-refractivity contribution in [2.75, 3.05) is 0 Å². The first-order valence-electron chi connectivity index (χ1n) is 29.6. The van der Waals surface area contributed by atoms with Crippen molar-refractivity contribution in [3.63, 3.8) is 0 Å². The molecule has 0 bridgehead atoms. The maximum absolute atomic E-state index is 12.3. The van der Waals surface area contributed by atoms with Gasteiger partial charge < -0.3 is 29.5 Å². The van der Waals surface area contributed by atoms with Crippen LogP contribution >= 0.6 is 34.0 Å². The van der Waals surface area contributed by atoms with E-state index in [0.717, 1.165) is 122 Å². The summed E-state index contributed by atoms with van der Waals surface area (Å²) in [4.78, 5) is 83.5. The normalized spacial score (nSPS) is 15.3. The van der Waals surface area contributed by atoms with Gasteiger partial charge in [-0.05, 0) is 177 Å². The van der Waals surface area contributed by atoms with Crippen molar-refractivity contribution < 1.29 is 43.9 Å². The predicted molar refractivity (Wildman–Crippen MR) is 340 cm³/mol. The maximum atomic E-state index is 12.3. The Morgan fingerprint density at radius 1 is 0.402 bits per heavy atom. The summed E-state index contributed by atoms with van der Waals surface area (Å²) in [6.07, 6.45) is 24.6. The first kappa shape index (κ1) is 62.9. The van der Waals surface area contributed by atoms with Crippen molar-refractivity contribution >= 4 is 82.6 Å². The summed E-state index contributed by atoms with van der Waals surface area (Å²) in [6, 6.07) is 0. The highest BCUT2D eigenvalue weighted by atomic mass is 32.1. The highest BCUT2D eigenvalue weighted by molar-refractivity contribution is 7.19. The van der Waals surface area contributed by atoms with Crippen molar-refractivity contribution in [3.05, 3.63) is 121 Å². The van der Waals surface area contributed by atoms with Crippen LogP contribution in [0, 0.1) is 20.8 Å². The lowest BCUT2D eigenvalue weighted by molar-refractivity contribution is -0.161. The molecule has 9 heterocycles. The van der Waals surface area contributed by atoms with Gasteiger partial charge in [0.1, 0.15) is 33.5 Å². The molecule has 12 rings (SSSR count). The van der Waals surface area contributed by atoms with Gasteiger partial charge in [-0.1, -0.05) is 0 Å². The molecule has 456 valence electrons. The number of fused-ring (bicyclic) bond motifs is 9. The summed E-state index contributed by atoms with van der Waals surface area (Å²) >= 11 is 5.17. The van der Waals surface area contributed by atoms with E-state index in [9.17, 15) is 29.7 Å². The molecule has 3 atom stereocenters. The molecule has 0 saturated carbocycles. The van der Waals surface area contributed by atoms with Crippen LogP contribution in [0.1, 0.15) is 184 Å². The third kappa shape index (κ3) is 13.6. The lowest BCUT2D eigenvalue weighted by atomic mass is 9.89. The predicted octanol–water partition coefficient (Wildman–Crippen LogP) is 14.6. The van der Waals surface area contributed by atoms with Crippen LogP contribution < -0.4 is 0 Å². The van der Waals surface area contributed by atoms with Crippen molar-refractivity contribution in [1.29, 1.82) is 0 Å². The first-order chi connectivity index (χ1) is 41.3. The molecule has 9 aromatic heterocycles. The van der Waals surface area contributed by atoms with Crippen LogP contribution in [-0.4, -0.2) is 94.9 Å².